The van der Waals surface area contributed by atoms with Gasteiger partial charge in [-0.25, -0.2) is 0 Å². The van der Waals surface area contributed by atoms with Crippen LogP contribution in [0, 0.1) is 0 Å². The first kappa shape index (κ1) is 17.5. The van der Waals surface area contributed by atoms with Gasteiger partial charge in [0.2, 0.25) is 5.91 Å². The van der Waals surface area contributed by atoms with Gasteiger partial charge in [0.15, 0.2) is 0 Å². The number of fused-ring (bicyclic) bond motifs is 1. The predicted octanol–water partition coefficient (Wildman–Crippen LogP) is 4.10. The fourth-order valence-corrected chi connectivity index (χ4v) is 4.45. The Balaban J connectivity index is 1.80. The van der Waals surface area contributed by atoms with E-state index in [0.717, 1.165) is 19.5 Å². The minimum atomic E-state index is 0.119. The second-order valence-electron chi connectivity index (χ2n) is 6.04. The Morgan fingerprint density at radius 3 is 2.83 bits per heavy atom. The molecule has 1 atom stereocenters. The number of amides is 1. The Hall–Kier alpha value is -1.30. The molecule has 1 aliphatic rings. The normalized spacial score (nSPS) is 15.8. The highest BCUT2D eigenvalue weighted by Gasteiger charge is 2.25. The van der Waals surface area contributed by atoms with Gasteiger partial charge in [-0.2, -0.15) is 0 Å². The molecule has 2 aromatic rings. The quantitative estimate of drug-likeness (QED) is 0.787. The first-order chi connectivity index (χ1) is 11.7. The van der Waals surface area contributed by atoms with Crippen LogP contribution in [-0.2, 0) is 17.8 Å². The molecule has 0 radical (unpaired) electrons. The highest BCUT2D eigenvalue weighted by atomic mass is 32.2. The molecule has 0 unspecified atom stereocenters. The molecule has 0 bridgehead atoms. The zero-order valence-electron chi connectivity index (χ0n) is 14.2. The maximum Gasteiger partial charge on any atom is 0.219 e. The lowest BCUT2D eigenvalue weighted by atomic mass is 10.0. The highest BCUT2D eigenvalue weighted by molar-refractivity contribution is 7.98. The highest BCUT2D eigenvalue weighted by Crippen LogP contribution is 2.31. The van der Waals surface area contributed by atoms with E-state index in [1.807, 2.05) is 18.3 Å². The van der Waals surface area contributed by atoms with E-state index >= 15 is 0 Å². The number of hydrogen-bond acceptors (Lipinski definition) is 4. The van der Waals surface area contributed by atoms with E-state index in [1.165, 1.54) is 20.9 Å². The number of carbonyl (C=O) groups excluding carboxylic acids is 1. The van der Waals surface area contributed by atoms with Crippen molar-refractivity contribution in [3.8, 4) is 0 Å². The monoisotopic (exact) mass is 360 g/mol. The van der Waals surface area contributed by atoms with Crippen LogP contribution in [0.1, 0.15) is 35.4 Å². The molecule has 128 valence electrons. The van der Waals surface area contributed by atoms with E-state index in [2.05, 4.69) is 52.2 Å². The summed E-state index contributed by atoms with van der Waals surface area (Å²) in [7, 11) is 0. The van der Waals surface area contributed by atoms with Crippen LogP contribution in [-0.4, -0.2) is 30.2 Å². The molecule has 0 fully saturated rings. The SMILES string of the molecule is CCC(=O)NC[C@@H](c1ccc(SC)cc1)N1CCc2sccc2C1. The first-order valence-electron chi connectivity index (χ1n) is 8.41. The topological polar surface area (TPSA) is 32.3 Å². The molecule has 24 heavy (non-hydrogen) atoms. The van der Waals surface area contributed by atoms with E-state index in [9.17, 15) is 4.79 Å². The lowest BCUT2D eigenvalue weighted by Gasteiger charge is -2.35. The van der Waals surface area contributed by atoms with Gasteiger partial charge in [-0.3, -0.25) is 9.69 Å². The summed E-state index contributed by atoms with van der Waals surface area (Å²) < 4.78 is 0. The Morgan fingerprint density at radius 2 is 2.12 bits per heavy atom. The molecule has 1 aromatic heterocycles. The van der Waals surface area contributed by atoms with Crippen molar-refractivity contribution in [3.05, 3.63) is 51.7 Å². The van der Waals surface area contributed by atoms with Crippen LogP contribution in [0.25, 0.3) is 0 Å². The summed E-state index contributed by atoms with van der Waals surface area (Å²) in [6.07, 6.45) is 3.73. The average Bonchev–Trinajstić information content (AvgIpc) is 3.10. The van der Waals surface area contributed by atoms with Crippen LogP contribution in [0.4, 0.5) is 0 Å². The summed E-state index contributed by atoms with van der Waals surface area (Å²) in [5.41, 5.74) is 2.72. The summed E-state index contributed by atoms with van der Waals surface area (Å²) in [5.74, 6) is 0.119. The van der Waals surface area contributed by atoms with Crippen molar-refractivity contribution in [2.75, 3.05) is 19.3 Å². The van der Waals surface area contributed by atoms with Crippen molar-refractivity contribution in [1.82, 2.24) is 10.2 Å². The molecule has 0 saturated heterocycles. The van der Waals surface area contributed by atoms with Crippen molar-refractivity contribution in [2.24, 2.45) is 0 Å². The van der Waals surface area contributed by atoms with E-state index in [4.69, 9.17) is 0 Å². The molecule has 5 heteroatoms. The third kappa shape index (κ3) is 4.02. The zero-order valence-corrected chi connectivity index (χ0v) is 15.9. The van der Waals surface area contributed by atoms with Gasteiger partial charge in [-0.05, 0) is 47.4 Å². The molecule has 1 aliphatic heterocycles. The standard InChI is InChI=1S/C19H24N2OS2/c1-3-19(22)20-12-17(14-4-6-16(23-2)7-5-14)21-10-8-18-15(13-21)9-11-24-18/h4-7,9,11,17H,3,8,10,12-13H2,1-2H3,(H,20,22)/t17-/m0/s1. The van der Waals surface area contributed by atoms with Gasteiger partial charge in [-0.1, -0.05) is 19.1 Å². The van der Waals surface area contributed by atoms with Gasteiger partial charge in [0.05, 0.1) is 6.04 Å². The van der Waals surface area contributed by atoms with Crippen molar-refractivity contribution in [3.63, 3.8) is 0 Å². The lowest BCUT2D eigenvalue weighted by Crippen LogP contribution is -2.40. The molecule has 2 heterocycles. The van der Waals surface area contributed by atoms with Crippen LogP contribution >= 0.6 is 23.1 Å². The molecule has 1 amide bonds. The number of carbonyl (C=O) groups is 1. The molecule has 3 nitrogen and oxygen atoms in total. The van der Waals surface area contributed by atoms with Crippen molar-refractivity contribution in [2.45, 2.75) is 37.2 Å². The van der Waals surface area contributed by atoms with Gasteiger partial charge in [0.1, 0.15) is 0 Å². The van der Waals surface area contributed by atoms with Crippen molar-refractivity contribution in [1.29, 1.82) is 0 Å². The van der Waals surface area contributed by atoms with E-state index < -0.39 is 0 Å². The van der Waals surface area contributed by atoms with E-state index in [0.29, 0.717) is 13.0 Å². The smallest absolute Gasteiger partial charge is 0.219 e. The summed E-state index contributed by atoms with van der Waals surface area (Å²) in [6, 6.07) is 11.2. The summed E-state index contributed by atoms with van der Waals surface area (Å²) in [4.78, 5) is 17.0. The Labute approximate surface area is 152 Å². The molecule has 1 aromatic carbocycles. The number of benzene rings is 1. The lowest BCUT2D eigenvalue weighted by molar-refractivity contribution is -0.121. The summed E-state index contributed by atoms with van der Waals surface area (Å²) in [5, 5.41) is 5.28. The Bertz CT molecular complexity index is 681. The Morgan fingerprint density at radius 1 is 1.33 bits per heavy atom. The van der Waals surface area contributed by atoms with Crippen LogP contribution in [0.3, 0.4) is 0 Å². The van der Waals surface area contributed by atoms with Crippen molar-refractivity contribution < 1.29 is 4.79 Å². The number of thioether (sulfide) groups is 1. The number of rotatable bonds is 6. The van der Waals surface area contributed by atoms with Gasteiger partial charge in [0, 0.05) is 35.8 Å². The first-order valence-corrected chi connectivity index (χ1v) is 10.5. The Kier molecular flexibility index (Phi) is 5.98. The molecular weight excluding hydrogens is 336 g/mol. The van der Waals surface area contributed by atoms with E-state index in [-0.39, 0.29) is 11.9 Å². The number of thiophene rings is 1. The third-order valence-corrected chi connectivity index (χ3v) is 6.36. The zero-order chi connectivity index (χ0) is 16.9. The molecule has 1 N–H and O–H groups in total. The third-order valence-electron chi connectivity index (χ3n) is 4.59. The predicted molar refractivity (Wildman–Crippen MR) is 103 cm³/mol. The molecule has 3 rings (SSSR count). The fourth-order valence-electron chi connectivity index (χ4n) is 3.16. The van der Waals surface area contributed by atoms with Crippen molar-refractivity contribution >= 4 is 29.0 Å². The second-order valence-corrected chi connectivity index (χ2v) is 7.92. The number of nitrogens with zero attached hydrogens (tertiary/aromatic N) is 1. The van der Waals surface area contributed by atoms with Crippen LogP contribution in [0.2, 0.25) is 0 Å². The maximum atomic E-state index is 11.8. The van der Waals surface area contributed by atoms with Gasteiger partial charge in [0.25, 0.3) is 0 Å². The minimum Gasteiger partial charge on any atom is -0.354 e. The maximum absolute atomic E-state index is 11.8. The van der Waals surface area contributed by atoms with Crippen LogP contribution in [0.5, 0.6) is 0 Å². The average molecular weight is 361 g/mol. The van der Waals surface area contributed by atoms with E-state index in [1.54, 1.807) is 11.8 Å². The largest absolute Gasteiger partial charge is 0.354 e. The fraction of sp³-hybridized carbons (Fsp3) is 0.421. The van der Waals surface area contributed by atoms with Gasteiger partial charge >= 0.3 is 0 Å². The molecule has 0 aliphatic carbocycles. The number of hydrogen-bond donors (Lipinski definition) is 1. The minimum absolute atomic E-state index is 0.119. The molecule has 0 spiro atoms. The second kappa shape index (κ2) is 8.19. The summed E-state index contributed by atoms with van der Waals surface area (Å²) >= 11 is 3.62. The number of nitrogens with one attached hydrogen (secondary N) is 1. The van der Waals surface area contributed by atoms with Crippen LogP contribution < -0.4 is 5.32 Å². The van der Waals surface area contributed by atoms with Gasteiger partial charge in [-0.15, -0.1) is 23.1 Å². The summed E-state index contributed by atoms with van der Waals surface area (Å²) in [6.45, 7) is 4.58. The molecule has 0 saturated carbocycles. The molecular formula is C19H24N2OS2. The van der Waals surface area contributed by atoms with Gasteiger partial charge < -0.3 is 5.32 Å². The van der Waals surface area contributed by atoms with Crippen LogP contribution in [0.15, 0.2) is 40.6 Å².